The zero-order valence-corrected chi connectivity index (χ0v) is 15.0. The summed E-state index contributed by atoms with van der Waals surface area (Å²) in [6.45, 7) is 2.38. The van der Waals surface area contributed by atoms with E-state index in [1.807, 2.05) is 25.1 Å². The Hall–Kier alpha value is -2.25. The summed E-state index contributed by atoms with van der Waals surface area (Å²) in [5.41, 5.74) is 2.35. The quantitative estimate of drug-likeness (QED) is 0.600. The largest absolute Gasteiger partial charge is 0.325 e. The molecule has 2 aromatic rings. The lowest BCUT2D eigenvalue weighted by Crippen LogP contribution is -2.30. The van der Waals surface area contributed by atoms with Gasteiger partial charge in [-0.05, 0) is 37.7 Å². The molecule has 0 bridgehead atoms. The lowest BCUT2D eigenvalue weighted by Gasteiger charge is -2.17. The normalized spacial score (nSPS) is 10.7. The Labute approximate surface area is 148 Å². The van der Waals surface area contributed by atoms with Crippen molar-refractivity contribution in [2.45, 2.75) is 13.5 Å². The number of para-hydroxylation sites is 1. The van der Waals surface area contributed by atoms with E-state index in [2.05, 4.69) is 21.2 Å². The van der Waals surface area contributed by atoms with Crippen LogP contribution in [-0.4, -0.2) is 29.3 Å². The van der Waals surface area contributed by atoms with Crippen LogP contribution < -0.4 is 5.32 Å². The molecular formula is C17H18BrN3O3. The van der Waals surface area contributed by atoms with Crippen LogP contribution in [0.15, 0.2) is 46.9 Å². The number of nitro benzene ring substituents is 1. The number of rotatable bonds is 6. The molecule has 0 unspecified atom stereocenters. The van der Waals surface area contributed by atoms with Crippen molar-refractivity contribution in [3.05, 3.63) is 68.2 Å². The number of benzene rings is 2. The predicted octanol–water partition coefficient (Wildman–Crippen LogP) is 3.74. The molecular weight excluding hydrogens is 374 g/mol. The molecule has 1 amide bonds. The lowest BCUT2D eigenvalue weighted by molar-refractivity contribution is -0.385. The van der Waals surface area contributed by atoms with Gasteiger partial charge in [0.2, 0.25) is 5.91 Å². The topological polar surface area (TPSA) is 75.5 Å². The maximum atomic E-state index is 12.2. The number of likely N-dealkylation sites (N-methyl/N-ethyl adjacent to an activating group) is 1. The fraction of sp³-hybridized carbons (Fsp3) is 0.235. The number of anilines is 1. The number of hydrogen-bond acceptors (Lipinski definition) is 4. The molecule has 0 fully saturated rings. The van der Waals surface area contributed by atoms with E-state index in [-0.39, 0.29) is 18.1 Å². The van der Waals surface area contributed by atoms with Crippen molar-refractivity contribution in [1.29, 1.82) is 0 Å². The number of aryl methyl sites for hydroxylation is 1. The number of hydrogen-bond donors (Lipinski definition) is 1. The van der Waals surface area contributed by atoms with E-state index >= 15 is 0 Å². The van der Waals surface area contributed by atoms with Crippen molar-refractivity contribution >= 4 is 33.2 Å². The number of carbonyl (C=O) groups excluding carboxylic acids is 1. The van der Waals surface area contributed by atoms with Gasteiger partial charge in [-0.1, -0.05) is 34.1 Å². The highest BCUT2D eigenvalue weighted by Crippen LogP contribution is 2.21. The Bertz CT molecular complexity index is 764. The van der Waals surface area contributed by atoms with E-state index in [1.54, 1.807) is 30.1 Å². The van der Waals surface area contributed by atoms with Gasteiger partial charge in [0.05, 0.1) is 11.5 Å². The highest BCUT2D eigenvalue weighted by atomic mass is 79.9. The Balaban J connectivity index is 1.98. The SMILES string of the molecule is Cc1cc(Br)ccc1NC(=O)CN(C)Cc1ccccc1[N+](=O)[O-]. The monoisotopic (exact) mass is 391 g/mol. The molecule has 0 aliphatic heterocycles. The summed E-state index contributed by atoms with van der Waals surface area (Å²) < 4.78 is 0.950. The summed E-state index contributed by atoms with van der Waals surface area (Å²) in [7, 11) is 1.75. The molecule has 0 aliphatic rings. The van der Waals surface area contributed by atoms with Gasteiger partial charge in [-0.3, -0.25) is 19.8 Å². The van der Waals surface area contributed by atoms with Crippen LogP contribution in [0.25, 0.3) is 0 Å². The zero-order chi connectivity index (χ0) is 17.7. The molecule has 0 aromatic heterocycles. The van der Waals surface area contributed by atoms with Crippen molar-refractivity contribution in [1.82, 2.24) is 4.90 Å². The maximum absolute atomic E-state index is 12.2. The summed E-state index contributed by atoms with van der Waals surface area (Å²) >= 11 is 3.38. The van der Waals surface area contributed by atoms with Crippen LogP contribution in [0, 0.1) is 17.0 Å². The third kappa shape index (κ3) is 4.87. The molecule has 126 valence electrons. The van der Waals surface area contributed by atoms with E-state index < -0.39 is 4.92 Å². The zero-order valence-electron chi connectivity index (χ0n) is 13.5. The minimum atomic E-state index is -0.408. The van der Waals surface area contributed by atoms with Crippen molar-refractivity contribution in [3.8, 4) is 0 Å². The minimum Gasteiger partial charge on any atom is -0.325 e. The van der Waals surface area contributed by atoms with Crippen LogP contribution in [0.5, 0.6) is 0 Å². The molecule has 0 atom stereocenters. The van der Waals surface area contributed by atoms with Crippen molar-refractivity contribution in [3.63, 3.8) is 0 Å². The summed E-state index contributed by atoms with van der Waals surface area (Å²) in [4.78, 5) is 24.5. The molecule has 2 aromatic carbocycles. The molecule has 24 heavy (non-hydrogen) atoms. The van der Waals surface area contributed by atoms with Gasteiger partial charge in [0.25, 0.3) is 5.69 Å². The Morgan fingerprint density at radius 2 is 2.00 bits per heavy atom. The van der Waals surface area contributed by atoms with Gasteiger partial charge >= 0.3 is 0 Å². The smallest absolute Gasteiger partial charge is 0.273 e. The van der Waals surface area contributed by atoms with Crippen LogP contribution in [0.3, 0.4) is 0 Å². The minimum absolute atomic E-state index is 0.0634. The number of nitro groups is 1. The van der Waals surface area contributed by atoms with Crippen molar-refractivity contribution in [2.75, 3.05) is 18.9 Å². The summed E-state index contributed by atoms with van der Waals surface area (Å²) in [6.07, 6.45) is 0. The van der Waals surface area contributed by atoms with Crippen LogP contribution in [-0.2, 0) is 11.3 Å². The van der Waals surface area contributed by atoms with Gasteiger partial charge < -0.3 is 5.32 Å². The molecule has 0 radical (unpaired) electrons. The first-order valence-corrected chi connectivity index (χ1v) is 8.13. The second-order valence-electron chi connectivity index (χ2n) is 5.57. The molecule has 0 saturated heterocycles. The van der Waals surface area contributed by atoms with Gasteiger partial charge in [-0.15, -0.1) is 0 Å². The lowest BCUT2D eigenvalue weighted by atomic mass is 10.1. The van der Waals surface area contributed by atoms with E-state index in [4.69, 9.17) is 0 Å². The molecule has 0 saturated carbocycles. The highest BCUT2D eigenvalue weighted by Gasteiger charge is 2.15. The maximum Gasteiger partial charge on any atom is 0.273 e. The average molecular weight is 392 g/mol. The first-order valence-electron chi connectivity index (χ1n) is 7.33. The third-order valence-corrected chi connectivity index (χ3v) is 4.00. The van der Waals surface area contributed by atoms with Gasteiger partial charge in [-0.25, -0.2) is 0 Å². The van der Waals surface area contributed by atoms with Gasteiger partial charge in [0.15, 0.2) is 0 Å². The van der Waals surface area contributed by atoms with E-state index in [1.165, 1.54) is 6.07 Å². The van der Waals surface area contributed by atoms with Gasteiger partial charge in [-0.2, -0.15) is 0 Å². The summed E-state index contributed by atoms with van der Waals surface area (Å²) in [6, 6.07) is 12.2. The second-order valence-corrected chi connectivity index (χ2v) is 6.48. The van der Waals surface area contributed by atoms with E-state index in [0.29, 0.717) is 12.1 Å². The number of halogens is 1. The molecule has 1 N–H and O–H groups in total. The first kappa shape index (κ1) is 18.1. The Morgan fingerprint density at radius 3 is 2.67 bits per heavy atom. The highest BCUT2D eigenvalue weighted by molar-refractivity contribution is 9.10. The van der Waals surface area contributed by atoms with Crippen molar-refractivity contribution < 1.29 is 9.72 Å². The fourth-order valence-corrected chi connectivity index (χ4v) is 2.85. The molecule has 0 heterocycles. The third-order valence-electron chi connectivity index (χ3n) is 3.50. The van der Waals surface area contributed by atoms with Gasteiger partial charge in [0.1, 0.15) is 0 Å². The fourth-order valence-electron chi connectivity index (χ4n) is 2.37. The second kappa shape index (κ2) is 8.03. The predicted molar refractivity (Wildman–Crippen MR) is 96.9 cm³/mol. The average Bonchev–Trinajstić information content (AvgIpc) is 2.50. The standard InChI is InChI=1S/C17H18BrN3O3/c1-12-9-14(18)7-8-15(12)19-17(22)11-20(2)10-13-5-3-4-6-16(13)21(23)24/h3-9H,10-11H2,1-2H3,(H,19,22). The molecule has 0 spiro atoms. The number of nitrogens with one attached hydrogen (secondary N) is 1. The number of carbonyl (C=O) groups is 1. The molecule has 2 rings (SSSR count). The Kier molecular flexibility index (Phi) is 6.05. The molecule has 0 aliphatic carbocycles. The molecule has 6 nitrogen and oxygen atoms in total. The van der Waals surface area contributed by atoms with E-state index in [9.17, 15) is 14.9 Å². The van der Waals surface area contributed by atoms with Crippen LogP contribution >= 0.6 is 15.9 Å². The summed E-state index contributed by atoms with van der Waals surface area (Å²) in [5, 5.41) is 13.9. The van der Waals surface area contributed by atoms with Crippen LogP contribution in [0.1, 0.15) is 11.1 Å². The number of amides is 1. The van der Waals surface area contributed by atoms with Crippen LogP contribution in [0.2, 0.25) is 0 Å². The van der Waals surface area contributed by atoms with Gasteiger partial charge in [0, 0.05) is 28.3 Å². The van der Waals surface area contributed by atoms with E-state index in [0.717, 1.165) is 15.7 Å². The summed E-state index contributed by atoms with van der Waals surface area (Å²) in [5.74, 6) is -0.165. The number of nitrogens with zero attached hydrogens (tertiary/aromatic N) is 2. The van der Waals surface area contributed by atoms with Crippen molar-refractivity contribution in [2.24, 2.45) is 0 Å². The van der Waals surface area contributed by atoms with Crippen LogP contribution in [0.4, 0.5) is 11.4 Å². The Morgan fingerprint density at radius 1 is 1.29 bits per heavy atom. The molecule has 7 heteroatoms. The first-order chi connectivity index (χ1) is 11.4.